The van der Waals surface area contributed by atoms with Gasteiger partial charge in [-0.05, 0) is 12.1 Å². The van der Waals surface area contributed by atoms with Crippen molar-refractivity contribution in [3.63, 3.8) is 0 Å². The smallest absolute Gasteiger partial charge is 0.251 e. The molecule has 0 aliphatic carbocycles. The summed E-state index contributed by atoms with van der Waals surface area (Å²) in [6.45, 7) is 0.560. The van der Waals surface area contributed by atoms with Crippen molar-refractivity contribution in [1.82, 2.24) is 15.3 Å². The molecule has 0 unspecified atom stereocenters. The van der Waals surface area contributed by atoms with Crippen LogP contribution in [-0.2, 0) is 6.42 Å². The Hall–Kier alpha value is -1.95. The molecule has 1 amide bonds. The molecule has 0 radical (unpaired) electrons. The molecule has 5 nitrogen and oxygen atoms in total. The molecule has 88 valence electrons. The van der Waals surface area contributed by atoms with Gasteiger partial charge in [-0.1, -0.05) is 0 Å². The molecule has 2 aromatic rings. The minimum atomic E-state index is -0.144. The number of pyridine rings is 1. The van der Waals surface area contributed by atoms with Crippen LogP contribution in [0.4, 0.5) is 5.82 Å². The molecular formula is C11H12N4OS. The lowest BCUT2D eigenvalue weighted by Crippen LogP contribution is -2.25. The van der Waals surface area contributed by atoms with Gasteiger partial charge in [0, 0.05) is 30.1 Å². The highest BCUT2D eigenvalue weighted by atomic mass is 32.1. The molecule has 6 heteroatoms. The fraction of sp³-hybridized carbons (Fsp3) is 0.182. The van der Waals surface area contributed by atoms with Crippen LogP contribution in [0.1, 0.15) is 16.1 Å². The van der Waals surface area contributed by atoms with E-state index in [1.165, 1.54) is 6.20 Å². The van der Waals surface area contributed by atoms with E-state index in [0.717, 1.165) is 12.1 Å². The number of hydrogen-bond acceptors (Lipinski definition) is 5. The minimum Gasteiger partial charge on any atom is -0.384 e. The molecule has 0 fully saturated rings. The Kier molecular flexibility index (Phi) is 3.66. The van der Waals surface area contributed by atoms with Gasteiger partial charge in [-0.3, -0.25) is 4.79 Å². The first kappa shape index (κ1) is 11.5. The second kappa shape index (κ2) is 5.40. The van der Waals surface area contributed by atoms with E-state index in [1.54, 1.807) is 29.0 Å². The van der Waals surface area contributed by atoms with E-state index in [1.807, 2.05) is 5.38 Å². The number of nitrogen functional groups attached to an aromatic ring is 1. The highest BCUT2D eigenvalue weighted by Gasteiger charge is 2.05. The summed E-state index contributed by atoms with van der Waals surface area (Å²) in [5, 5.41) is 4.78. The summed E-state index contributed by atoms with van der Waals surface area (Å²) in [6, 6.07) is 3.19. The van der Waals surface area contributed by atoms with Crippen LogP contribution >= 0.6 is 11.3 Å². The SMILES string of the molecule is Nc1cc(C(=O)NCCc2cscn2)ccn1. The Balaban J connectivity index is 1.85. The molecule has 0 atom stereocenters. The maximum atomic E-state index is 11.7. The molecule has 0 saturated carbocycles. The van der Waals surface area contributed by atoms with Crippen LogP contribution < -0.4 is 11.1 Å². The lowest BCUT2D eigenvalue weighted by Gasteiger charge is -2.04. The summed E-state index contributed by atoms with van der Waals surface area (Å²) >= 11 is 1.55. The average molecular weight is 248 g/mol. The van der Waals surface area contributed by atoms with Crippen molar-refractivity contribution in [3.8, 4) is 0 Å². The third-order valence-electron chi connectivity index (χ3n) is 2.19. The number of aromatic nitrogens is 2. The van der Waals surface area contributed by atoms with E-state index in [0.29, 0.717) is 17.9 Å². The number of nitrogens with two attached hydrogens (primary N) is 1. The van der Waals surface area contributed by atoms with Gasteiger partial charge in [-0.15, -0.1) is 11.3 Å². The fourth-order valence-corrected chi connectivity index (χ4v) is 1.95. The molecule has 0 saturated heterocycles. The predicted molar refractivity (Wildman–Crippen MR) is 66.8 cm³/mol. The Morgan fingerprint density at radius 2 is 2.35 bits per heavy atom. The van der Waals surface area contributed by atoms with Gasteiger partial charge < -0.3 is 11.1 Å². The van der Waals surface area contributed by atoms with Crippen LogP contribution in [0.3, 0.4) is 0 Å². The van der Waals surface area contributed by atoms with Crippen molar-refractivity contribution in [2.24, 2.45) is 0 Å². The molecule has 2 aromatic heterocycles. The van der Waals surface area contributed by atoms with Crippen LogP contribution in [0.15, 0.2) is 29.2 Å². The number of rotatable bonds is 4. The Morgan fingerprint density at radius 1 is 1.47 bits per heavy atom. The highest BCUT2D eigenvalue weighted by molar-refractivity contribution is 7.07. The first-order chi connectivity index (χ1) is 8.25. The van der Waals surface area contributed by atoms with Crippen molar-refractivity contribution in [1.29, 1.82) is 0 Å². The minimum absolute atomic E-state index is 0.144. The summed E-state index contributed by atoms with van der Waals surface area (Å²) < 4.78 is 0. The normalized spacial score (nSPS) is 10.1. The Labute approximate surface area is 103 Å². The number of thiazole rings is 1. The molecule has 0 aliphatic rings. The maximum absolute atomic E-state index is 11.7. The van der Waals surface area contributed by atoms with Crippen molar-refractivity contribution in [2.45, 2.75) is 6.42 Å². The first-order valence-corrected chi connectivity index (χ1v) is 6.07. The van der Waals surface area contributed by atoms with Gasteiger partial charge in [0.05, 0.1) is 11.2 Å². The van der Waals surface area contributed by atoms with E-state index >= 15 is 0 Å². The first-order valence-electron chi connectivity index (χ1n) is 5.12. The molecule has 2 heterocycles. The zero-order valence-corrected chi connectivity index (χ0v) is 9.91. The topological polar surface area (TPSA) is 80.9 Å². The van der Waals surface area contributed by atoms with Gasteiger partial charge in [-0.25, -0.2) is 9.97 Å². The van der Waals surface area contributed by atoms with Crippen molar-refractivity contribution >= 4 is 23.1 Å². The Morgan fingerprint density at radius 3 is 3.06 bits per heavy atom. The fourth-order valence-electron chi connectivity index (χ4n) is 1.36. The van der Waals surface area contributed by atoms with Crippen LogP contribution in [-0.4, -0.2) is 22.4 Å². The number of nitrogens with zero attached hydrogens (tertiary/aromatic N) is 2. The second-order valence-electron chi connectivity index (χ2n) is 3.46. The molecule has 0 bridgehead atoms. The largest absolute Gasteiger partial charge is 0.384 e. The number of hydrogen-bond donors (Lipinski definition) is 2. The van der Waals surface area contributed by atoms with Crippen LogP contribution in [0.25, 0.3) is 0 Å². The summed E-state index contributed by atoms with van der Waals surface area (Å²) in [6.07, 6.45) is 2.25. The van der Waals surface area contributed by atoms with Gasteiger partial charge in [-0.2, -0.15) is 0 Å². The molecule has 17 heavy (non-hydrogen) atoms. The van der Waals surface area contributed by atoms with E-state index in [9.17, 15) is 4.79 Å². The summed E-state index contributed by atoms with van der Waals surface area (Å²) in [7, 11) is 0. The maximum Gasteiger partial charge on any atom is 0.251 e. The van der Waals surface area contributed by atoms with Crippen molar-refractivity contribution in [3.05, 3.63) is 40.5 Å². The number of nitrogens with one attached hydrogen (secondary N) is 1. The third-order valence-corrected chi connectivity index (χ3v) is 2.83. The van der Waals surface area contributed by atoms with Crippen molar-refractivity contribution in [2.75, 3.05) is 12.3 Å². The van der Waals surface area contributed by atoms with Crippen LogP contribution in [0.2, 0.25) is 0 Å². The van der Waals surface area contributed by atoms with Gasteiger partial charge in [0.2, 0.25) is 0 Å². The van der Waals surface area contributed by atoms with E-state index in [2.05, 4.69) is 15.3 Å². The van der Waals surface area contributed by atoms with Gasteiger partial charge >= 0.3 is 0 Å². The monoisotopic (exact) mass is 248 g/mol. The number of carbonyl (C=O) groups is 1. The van der Waals surface area contributed by atoms with Gasteiger partial charge in [0.25, 0.3) is 5.91 Å². The third kappa shape index (κ3) is 3.25. The quantitative estimate of drug-likeness (QED) is 0.848. The van der Waals surface area contributed by atoms with Gasteiger partial charge in [0.15, 0.2) is 0 Å². The van der Waals surface area contributed by atoms with Crippen LogP contribution in [0.5, 0.6) is 0 Å². The molecule has 0 aliphatic heterocycles. The highest BCUT2D eigenvalue weighted by Crippen LogP contribution is 2.03. The Bertz CT molecular complexity index is 498. The summed E-state index contributed by atoms with van der Waals surface area (Å²) in [5.74, 6) is 0.200. The van der Waals surface area contributed by atoms with E-state index < -0.39 is 0 Å². The number of anilines is 1. The molecular weight excluding hydrogens is 236 g/mol. The average Bonchev–Trinajstić information content (AvgIpc) is 2.82. The zero-order chi connectivity index (χ0) is 12.1. The molecule has 3 N–H and O–H groups in total. The standard InChI is InChI=1S/C11H12N4OS/c12-10-5-8(1-3-13-10)11(16)14-4-2-9-6-17-7-15-9/h1,3,5-7H,2,4H2,(H2,12,13)(H,14,16). The molecule has 0 spiro atoms. The van der Waals surface area contributed by atoms with E-state index in [4.69, 9.17) is 5.73 Å². The van der Waals surface area contributed by atoms with Crippen LogP contribution in [0, 0.1) is 0 Å². The second-order valence-corrected chi connectivity index (χ2v) is 4.17. The summed E-state index contributed by atoms with van der Waals surface area (Å²) in [4.78, 5) is 19.7. The van der Waals surface area contributed by atoms with Gasteiger partial charge in [0.1, 0.15) is 5.82 Å². The van der Waals surface area contributed by atoms with Crippen molar-refractivity contribution < 1.29 is 4.79 Å². The zero-order valence-electron chi connectivity index (χ0n) is 9.09. The summed E-state index contributed by atoms with van der Waals surface area (Å²) in [5.41, 5.74) is 8.80. The lowest BCUT2D eigenvalue weighted by atomic mass is 10.2. The molecule has 2 rings (SSSR count). The predicted octanol–water partition coefficient (Wildman–Crippen LogP) is 1.09. The number of carbonyl (C=O) groups excluding carboxylic acids is 1. The number of amides is 1. The molecule has 0 aromatic carbocycles. The van der Waals surface area contributed by atoms with E-state index in [-0.39, 0.29) is 5.91 Å². The lowest BCUT2D eigenvalue weighted by molar-refractivity contribution is 0.0954.